The van der Waals surface area contributed by atoms with Gasteiger partial charge in [-0.25, -0.2) is 4.79 Å². The Morgan fingerprint density at radius 3 is 2.76 bits per heavy atom. The molecule has 1 aliphatic heterocycles. The molecule has 9 heteroatoms. The average molecular weight is 299 g/mol. The van der Waals surface area contributed by atoms with Crippen molar-refractivity contribution in [2.75, 3.05) is 6.54 Å². The third-order valence-corrected chi connectivity index (χ3v) is 3.27. The first-order chi connectivity index (χ1) is 9.90. The van der Waals surface area contributed by atoms with Crippen LogP contribution in [-0.2, 0) is 9.53 Å². The van der Waals surface area contributed by atoms with Gasteiger partial charge >= 0.3 is 5.69 Å². The molecule has 1 amide bonds. The number of aliphatic hydroxyl groups is 2. The van der Waals surface area contributed by atoms with Gasteiger partial charge in [0.25, 0.3) is 5.56 Å². The van der Waals surface area contributed by atoms with E-state index in [0.717, 1.165) is 10.6 Å². The Bertz CT molecular complexity index is 624. The van der Waals surface area contributed by atoms with Crippen LogP contribution in [0.5, 0.6) is 0 Å². The highest BCUT2D eigenvalue weighted by atomic mass is 16.6. The molecule has 2 rings (SSSR count). The zero-order valence-corrected chi connectivity index (χ0v) is 11.4. The molecule has 9 nitrogen and oxygen atoms in total. The van der Waals surface area contributed by atoms with E-state index in [4.69, 9.17) is 4.74 Å². The van der Waals surface area contributed by atoms with Crippen LogP contribution in [0.1, 0.15) is 19.6 Å². The monoisotopic (exact) mass is 299 g/mol. The zero-order chi connectivity index (χ0) is 15.6. The highest BCUT2D eigenvalue weighted by Gasteiger charge is 2.43. The summed E-state index contributed by atoms with van der Waals surface area (Å²) in [5.41, 5.74) is -1.30. The molecule has 2 unspecified atom stereocenters. The van der Waals surface area contributed by atoms with Crippen LogP contribution in [0.15, 0.2) is 21.9 Å². The first-order valence-corrected chi connectivity index (χ1v) is 6.47. The van der Waals surface area contributed by atoms with Crippen molar-refractivity contribution < 1.29 is 19.7 Å². The van der Waals surface area contributed by atoms with Crippen LogP contribution >= 0.6 is 0 Å². The SMILES string of the molecule is CC(=O)NCC[C@H]1O[C@@H](n2ccc(=O)[nH]c2=O)C(O)C1O. The van der Waals surface area contributed by atoms with E-state index < -0.39 is 35.8 Å². The molecule has 0 spiro atoms. The van der Waals surface area contributed by atoms with Gasteiger partial charge in [0.1, 0.15) is 12.2 Å². The Labute approximate surface area is 119 Å². The Kier molecular flexibility index (Phi) is 4.56. The number of hydrogen-bond acceptors (Lipinski definition) is 6. The summed E-state index contributed by atoms with van der Waals surface area (Å²) >= 11 is 0. The molecule has 0 bridgehead atoms. The highest BCUT2D eigenvalue weighted by Crippen LogP contribution is 2.29. The van der Waals surface area contributed by atoms with Crippen LogP contribution in [0.2, 0.25) is 0 Å². The van der Waals surface area contributed by atoms with E-state index in [1.165, 1.54) is 13.1 Å². The second kappa shape index (κ2) is 6.20. The maximum atomic E-state index is 11.7. The number of nitrogens with one attached hydrogen (secondary N) is 2. The van der Waals surface area contributed by atoms with Crippen molar-refractivity contribution in [1.29, 1.82) is 0 Å². The molecule has 116 valence electrons. The van der Waals surface area contributed by atoms with Crippen molar-refractivity contribution in [3.63, 3.8) is 0 Å². The molecule has 4 N–H and O–H groups in total. The summed E-state index contributed by atoms with van der Waals surface area (Å²) in [6, 6.07) is 1.12. The van der Waals surface area contributed by atoms with Gasteiger partial charge in [0, 0.05) is 25.7 Å². The number of aromatic nitrogens is 2. The molecule has 1 aromatic heterocycles. The van der Waals surface area contributed by atoms with Crippen LogP contribution in [0, 0.1) is 0 Å². The Hall–Kier alpha value is -1.97. The molecule has 0 radical (unpaired) electrons. The lowest BCUT2D eigenvalue weighted by molar-refractivity contribution is -0.119. The molecule has 4 atom stereocenters. The predicted molar refractivity (Wildman–Crippen MR) is 70.5 cm³/mol. The van der Waals surface area contributed by atoms with Crippen molar-refractivity contribution in [3.8, 4) is 0 Å². The summed E-state index contributed by atoms with van der Waals surface area (Å²) in [7, 11) is 0. The van der Waals surface area contributed by atoms with Crippen LogP contribution in [0.4, 0.5) is 0 Å². The van der Waals surface area contributed by atoms with E-state index in [9.17, 15) is 24.6 Å². The van der Waals surface area contributed by atoms with Gasteiger partial charge < -0.3 is 20.3 Å². The first-order valence-electron chi connectivity index (χ1n) is 6.47. The van der Waals surface area contributed by atoms with Gasteiger partial charge in [0.2, 0.25) is 5.91 Å². The number of amides is 1. The highest BCUT2D eigenvalue weighted by molar-refractivity contribution is 5.72. The first kappa shape index (κ1) is 15.4. The molecule has 1 aromatic rings. The topological polar surface area (TPSA) is 134 Å². The maximum Gasteiger partial charge on any atom is 0.330 e. The minimum atomic E-state index is -1.31. The fourth-order valence-corrected chi connectivity index (χ4v) is 2.22. The van der Waals surface area contributed by atoms with Crippen molar-refractivity contribution in [1.82, 2.24) is 14.9 Å². The second-order valence-electron chi connectivity index (χ2n) is 4.84. The van der Waals surface area contributed by atoms with Crippen LogP contribution in [0.3, 0.4) is 0 Å². The van der Waals surface area contributed by atoms with Gasteiger partial charge in [-0.15, -0.1) is 0 Å². The molecule has 1 fully saturated rings. The van der Waals surface area contributed by atoms with Crippen molar-refractivity contribution in [2.24, 2.45) is 0 Å². The molecule has 0 aliphatic carbocycles. The molecule has 0 saturated carbocycles. The van der Waals surface area contributed by atoms with Gasteiger partial charge in [-0.1, -0.05) is 0 Å². The van der Waals surface area contributed by atoms with Crippen molar-refractivity contribution in [2.45, 2.75) is 37.9 Å². The number of aliphatic hydroxyl groups excluding tert-OH is 2. The van der Waals surface area contributed by atoms with E-state index >= 15 is 0 Å². The smallest absolute Gasteiger partial charge is 0.330 e. The van der Waals surface area contributed by atoms with Gasteiger partial charge in [-0.2, -0.15) is 0 Å². The summed E-state index contributed by atoms with van der Waals surface area (Å²) < 4.78 is 6.47. The standard InChI is InChI=1S/C12H17N3O6/c1-6(16)13-4-2-7-9(18)10(19)11(21-7)15-5-3-8(17)14-12(15)20/h3,5,7,9-11,18-19H,2,4H2,1H3,(H,13,16)(H,14,17,20)/t7-,9?,10?,11-/m1/s1. The summed E-state index contributed by atoms with van der Waals surface area (Å²) in [6.07, 6.45) is -2.84. The van der Waals surface area contributed by atoms with E-state index in [1.54, 1.807) is 0 Å². The fraction of sp³-hybridized carbons (Fsp3) is 0.583. The van der Waals surface area contributed by atoms with Crippen LogP contribution < -0.4 is 16.6 Å². The fourth-order valence-electron chi connectivity index (χ4n) is 2.22. The Balaban J connectivity index is 2.10. The normalized spacial score (nSPS) is 28.5. The lowest BCUT2D eigenvalue weighted by Gasteiger charge is -2.16. The maximum absolute atomic E-state index is 11.7. The molecular formula is C12H17N3O6. The number of H-pyrrole nitrogens is 1. The van der Waals surface area contributed by atoms with Crippen molar-refractivity contribution in [3.05, 3.63) is 33.1 Å². The molecule has 1 aliphatic rings. The van der Waals surface area contributed by atoms with Gasteiger partial charge in [-0.05, 0) is 6.42 Å². The summed E-state index contributed by atoms with van der Waals surface area (Å²) in [5, 5.41) is 22.4. The summed E-state index contributed by atoms with van der Waals surface area (Å²) in [4.78, 5) is 35.5. The largest absolute Gasteiger partial charge is 0.388 e. The van der Waals surface area contributed by atoms with Gasteiger partial charge in [-0.3, -0.25) is 19.1 Å². The number of rotatable bonds is 4. The van der Waals surface area contributed by atoms with E-state index in [2.05, 4.69) is 5.32 Å². The Morgan fingerprint density at radius 1 is 1.43 bits per heavy atom. The minimum absolute atomic E-state index is 0.212. The lowest BCUT2D eigenvalue weighted by atomic mass is 10.1. The predicted octanol–water partition coefficient (Wildman–Crippen LogP) is -2.32. The van der Waals surface area contributed by atoms with E-state index in [0.29, 0.717) is 0 Å². The molecule has 2 heterocycles. The van der Waals surface area contributed by atoms with Crippen LogP contribution in [-0.4, -0.2) is 50.5 Å². The lowest BCUT2D eigenvalue weighted by Crippen LogP contribution is -2.37. The number of hydrogen-bond donors (Lipinski definition) is 4. The number of ether oxygens (including phenoxy) is 1. The molecule has 0 aromatic carbocycles. The van der Waals surface area contributed by atoms with Crippen molar-refractivity contribution >= 4 is 5.91 Å². The molecule has 1 saturated heterocycles. The van der Waals surface area contributed by atoms with Crippen LogP contribution in [0.25, 0.3) is 0 Å². The summed E-state index contributed by atoms with van der Waals surface area (Å²) in [5.74, 6) is -0.212. The number of nitrogens with zero attached hydrogens (tertiary/aromatic N) is 1. The van der Waals surface area contributed by atoms with E-state index in [-0.39, 0.29) is 18.9 Å². The second-order valence-corrected chi connectivity index (χ2v) is 4.84. The molecule has 21 heavy (non-hydrogen) atoms. The zero-order valence-electron chi connectivity index (χ0n) is 11.4. The third-order valence-electron chi connectivity index (χ3n) is 3.27. The summed E-state index contributed by atoms with van der Waals surface area (Å²) in [6.45, 7) is 1.64. The number of carbonyl (C=O) groups is 1. The van der Waals surface area contributed by atoms with Gasteiger partial charge in [0.15, 0.2) is 6.23 Å². The third kappa shape index (κ3) is 3.38. The van der Waals surface area contributed by atoms with E-state index in [1.807, 2.05) is 4.98 Å². The number of carbonyl (C=O) groups excluding carboxylic acids is 1. The van der Waals surface area contributed by atoms with Gasteiger partial charge in [0.05, 0.1) is 6.10 Å². The Morgan fingerprint density at radius 2 is 2.14 bits per heavy atom. The molecular weight excluding hydrogens is 282 g/mol. The quantitative estimate of drug-likeness (QED) is 0.493. The average Bonchev–Trinajstić information content (AvgIpc) is 2.67. The number of aromatic amines is 1. The minimum Gasteiger partial charge on any atom is -0.388 e.